The van der Waals surface area contributed by atoms with Crippen LogP contribution in [0, 0.1) is 5.82 Å². The Morgan fingerprint density at radius 3 is 2.67 bits per heavy atom. The summed E-state index contributed by atoms with van der Waals surface area (Å²) in [5, 5.41) is 3.06. The SMILES string of the molecule is O=S(=O)(c1ccc(OC(F)F)c(F)c1)N1CCCNCC1. The molecule has 1 aromatic carbocycles. The van der Waals surface area contributed by atoms with Crippen LogP contribution in [0.5, 0.6) is 5.75 Å². The van der Waals surface area contributed by atoms with E-state index in [4.69, 9.17) is 0 Å². The Labute approximate surface area is 120 Å². The molecule has 1 aliphatic rings. The predicted octanol–water partition coefficient (Wildman–Crippen LogP) is 1.41. The third kappa shape index (κ3) is 3.86. The minimum atomic E-state index is -3.84. The molecular formula is C12H15F3N2O3S. The van der Waals surface area contributed by atoms with Crippen molar-refractivity contribution in [3.63, 3.8) is 0 Å². The first kappa shape index (κ1) is 16.1. The zero-order valence-electron chi connectivity index (χ0n) is 11.1. The first-order valence-electron chi connectivity index (χ1n) is 6.36. The molecule has 0 aromatic heterocycles. The van der Waals surface area contributed by atoms with Gasteiger partial charge in [0.2, 0.25) is 10.0 Å². The van der Waals surface area contributed by atoms with Gasteiger partial charge in [-0.2, -0.15) is 13.1 Å². The van der Waals surface area contributed by atoms with E-state index in [1.54, 1.807) is 0 Å². The van der Waals surface area contributed by atoms with Gasteiger partial charge in [0.25, 0.3) is 0 Å². The van der Waals surface area contributed by atoms with Gasteiger partial charge in [-0.1, -0.05) is 0 Å². The van der Waals surface area contributed by atoms with Crippen molar-refractivity contribution in [1.82, 2.24) is 9.62 Å². The largest absolute Gasteiger partial charge is 0.432 e. The molecule has 2 rings (SSSR count). The van der Waals surface area contributed by atoms with Crippen LogP contribution in [-0.4, -0.2) is 45.5 Å². The molecule has 0 radical (unpaired) electrons. The van der Waals surface area contributed by atoms with E-state index >= 15 is 0 Å². The van der Waals surface area contributed by atoms with Crippen LogP contribution in [0.1, 0.15) is 6.42 Å². The number of alkyl halides is 2. The lowest BCUT2D eigenvalue weighted by atomic mass is 10.3. The summed E-state index contributed by atoms with van der Waals surface area (Å²) in [5.41, 5.74) is 0. The molecule has 1 aliphatic heterocycles. The van der Waals surface area contributed by atoms with Crippen molar-refractivity contribution in [3.05, 3.63) is 24.0 Å². The molecule has 21 heavy (non-hydrogen) atoms. The molecule has 0 bridgehead atoms. The Morgan fingerprint density at radius 1 is 1.24 bits per heavy atom. The fourth-order valence-corrected chi connectivity index (χ4v) is 3.54. The normalized spacial score (nSPS) is 17.7. The molecule has 0 spiro atoms. The highest BCUT2D eigenvalue weighted by Gasteiger charge is 2.26. The van der Waals surface area contributed by atoms with Gasteiger partial charge in [0, 0.05) is 19.6 Å². The third-order valence-corrected chi connectivity index (χ3v) is 4.95. The van der Waals surface area contributed by atoms with Crippen LogP contribution in [0.25, 0.3) is 0 Å². The maximum Gasteiger partial charge on any atom is 0.387 e. The number of nitrogens with zero attached hydrogens (tertiary/aromatic N) is 1. The summed E-state index contributed by atoms with van der Waals surface area (Å²) in [5.74, 6) is -1.81. The Kier molecular flexibility index (Phi) is 5.07. The smallest absolute Gasteiger partial charge is 0.387 e. The molecule has 9 heteroatoms. The van der Waals surface area contributed by atoms with E-state index in [2.05, 4.69) is 10.1 Å². The van der Waals surface area contributed by atoms with Gasteiger partial charge in [-0.25, -0.2) is 12.8 Å². The summed E-state index contributed by atoms with van der Waals surface area (Å²) in [6.45, 7) is -1.35. The van der Waals surface area contributed by atoms with E-state index in [9.17, 15) is 21.6 Å². The van der Waals surface area contributed by atoms with Crippen LogP contribution in [0.4, 0.5) is 13.2 Å². The van der Waals surface area contributed by atoms with Crippen molar-refractivity contribution in [2.75, 3.05) is 26.2 Å². The van der Waals surface area contributed by atoms with Gasteiger partial charge in [0.05, 0.1) is 4.90 Å². The number of hydrogen-bond donors (Lipinski definition) is 1. The highest BCUT2D eigenvalue weighted by atomic mass is 32.2. The Morgan fingerprint density at radius 2 is 2.00 bits per heavy atom. The lowest BCUT2D eigenvalue weighted by Gasteiger charge is -2.19. The molecular weight excluding hydrogens is 309 g/mol. The first-order valence-corrected chi connectivity index (χ1v) is 7.80. The quantitative estimate of drug-likeness (QED) is 0.910. The molecule has 1 aromatic rings. The maximum atomic E-state index is 13.6. The second-order valence-corrected chi connectivity index (χ2v) is 6.42. The first-order chi connectivity index (χ1) is 9.91. The van der Waals surface area contributed by atoms with E-state index < -0.39 is 28.2 Å². The van der Waals surface area contributed by atoms with Gasteiger partial charge in [-0.3, -0.25) is 0 Å². The molecule has 1 saturated heterocycles. The maximum absolute atomic E-state index is 13.6. The topological polar surface area (TPSA) is 58.6 Å². The molecule has 1 fully saturated rings. The Balaban J connectivity index is 2.25. The minimum absolute atomic E-state index is 0.275. The summed E-state index contributed by atoms with van der Waals surface area (Å²) in [4.78, 5) is -0.275. The van der Waals surface area contributed by atoms with E-state index in [1.165, 1.54) is 4.31 Å². The minimum Gasteiger partial charge on any atom is -0.432 e. The van der Waals surface area contributed by atoms with Gasteiger partial charge in [-0.05, 0) is 31.2 Å². The average molecular weight is 324 g/mol. The van der Waals surface area contributed by atoms with E-state index in [0.29, 0.717) is 32.1 Å². The zero-order valence-corrected chi connectivity index (χ0v) is 11.9. The number of rotatable bonds is 4. The van der Waals surface area contributed by atoms with Gasteiger partial charge in [0.1, 0.15) is 0 Å². The number of nitrogens with one attached hydrogen (secondary N) is 1. The fraction of sp³-hybridized carbons (Fsp3) is 0.500. The van der Waals surface area contributed by atoms with Gasteiger partial charge in [0.15, 0.2) is 11.6 Å². The molecule has 1 heterocycles. The summed E-state index contributed by atoms with van der Waals surface area (Å²) in [6, 6.07) is 2.66. The molecule has 0 amide bonds. The van der Waals surface area contributed by atoms with Crippen LogP contribution >= 0.6 is 0 Å². The molecule has 118 valence electrons. The van der Waals surface area contributed by atoms with E-state index in [0.717, 1.165) is 12.1 Å². The van der Waals surface area contributed by atoms with E-state index in [-0.39, 0.29) is 11.4 Å². The molecule has 0 aliphatic carbocycles. The fourth-order valence-electron chi connectivity index (χ4n) is 2.04. The number of sulfonamides is 1. The van der Waals surface area contributed by atoms with Gasteiger partial charge in [-0.15, -0.1) is 0 Å². The van der Waals surface area contributed by atoms with Crippen molar-refractivity contribution in [2.24, 2.45) is 0 Å². The molecule has 0 saturated carbocycles. The lowest BCUT2D eigenvalue weighted by molar-refractivity contribution is -0.0522. The van der Waals surface area contributed by atoms with Crippen LogP contribution in [-0.2, 0) is 10.0 Å². The third-order valence-electron chi connectivity index (χ3n) is 3.06. The molecule has 1 N–H and O–H groups in total. The average Bonchev–Trinajstić information content (AvgIpc) is 2.69. The summed E-state index contributed by atoms with van der Waals surface area (Å²) >= 11 is 0. The number of ether oxygens (including phenoxy) is 1. The van der Waals surface area contributed by atoms with Crippen LogP contribution in [0.15, 0.2) is 23.1 Å². The van der Waals surface area contributed by atoms with Crippen LogP contribution < -0.4 is 10.1 Å². The van der Waals surface area contributed by atoms with Crippen molar-refractivity contribution in [1.29, 1.82) is 0 Å². The Bertz CT molecular complexity index is 587. The lowest BCUT2D eigenvalue weighted by Crippen LogP contribution is -2.34. The molecule has 0 atom stereocenters. The van der Waals surface area contributed by atoms with E-state index in [1.807, 2.05) is 0 Å². The van der Waals surface area contributed by atoms with Crippen molar-refractivity contribution >= 4 is 10.0 Å². The predicted molar refractivity (Wildman–Crippen MR) is 69.3 cm³/mol. The highest BCUT2D eigenvalue weighted by Crippen LogP contribution is 2.24. The van der Waals surface area contributed by atoms with Crippen molar-refractivity contribution in [3.8, 4) is 5.75 Å². The number of halogens is 3. The van der Waals surface area contributed by atoms with Gasteiger partial charge < -0.3 is 10.1 Å². The zero-order chi connectivity index (χ0) is 15.5. The monoisotopic (exact) mass is 324 g/mol. The molecule has 0 unspecified atom stereocenters. The second kappa shape index (κ2) is 6.63. The van der Waals surface area contributed by atoms with Crippen molar-refractivity contribution in [2.45, 2.75) is 17.9 Å². The highest BCUT2D eigenvalue weighted by molar-refractivity contribution is 7.89. The van der Waals surface area contributed by atoms with Crippen LogP contribution in [0.2, 0.25) is 0 Å². The summed E-state index contributed by atoms with van der Waals surface area (Å²) in [7, 11) is -3.84. The van der Waals surface area contributed by atoms with Gasteiger partial charge >= 0.3 is 6.61 Å². The summed E-state index contributed by atoms with van der Waals surface area (Å²) in [6.07, 6.45) is 0.647. The number of benzene rings is 1. The Hall–Kier alpha value is -1.32. The number of hydrogen-bond acceptors (Lipinski definition) is 4. The van der Waals surface area contributed by atoms with Crippen LogP contribution in [0.3, 0.4) is 0 Å². The molecule has 5 nitrogen and oxygen atoms in total. The second-order valence-electron chi connectivity index (χ2n) is 4.48. The summed E-state index contributed by atoms with van der Waals surface area (Å²) < 4.78 is 67.7. The standard InChI is InChI=1S/C12H15F3N2O3S/c13-10-8-9(2-3-11(10)20-12(14)15)21(18,19)17-6-1-4-16-5-7-17/h2-3,8,12,16H,1,4-7H2. The van der Waals surface area contributed by atoms with Crippen molar-refractivity contribution < 1.29 is 26.3 Å².